The van der Waals surface area contributed by atoms with Gasteiger partial charge in [0.1, 0.15) is 12.4 Å². The summed E-state index contributed by atoms with van der Waals surface area (Å²) in [5.74, 6) is 1.17. The summed E-state index contributed by atoms with van der Waals surface area (Å²) in [5, 5.41) is 0.610. The highest BCUT2D eigenvalue weighted by molar-refractivity contribution is 6.32. The van der Waals surface area contributed by atoms with Crippen molar-refractivity contribution in [3.8, 4) is 5.75 Å². The molecule has 1 unspecified atom stereocenters. The summed E-state index contributed by atoms with van der Waals surface area (Å²) in [7, 11) is 0. The van der Waals surface area contributed by atoms with Gasteiger partial charge in [0.05, 0.1) is 11.1 Å². The molecule has 0 N–H and O–H groups in total. The molecule has 0 spiro atoms. The number of alkyl halides is 1. The SMILES string of the molecule is ClCc1ccc(OCC2CCCCO2)c(Cl)c1. The predicted octanol–water partition coefficient (Wildman–Crippen LogP) is 4.03. The summed E-state index contributed by atoms with van der Waals surface area (Å²) in [4.78, 5) is 0. The zero-order chi connectivity index (χ0) is 12.1. The molecule has 0 aromatic heterocycles. The van der Waals surface area contributed by atoms with Crippen LogP contribution in [0.1, 0.15) is 24.8 Å². The number of benzene rings is 1. The zero-order valence-corrected chi connectivity index (χ0v) is 11.1. The molecule has 2 rings (SSSR count). The summed E-state index contributed by atoms with van der Waals surface area (Å²) >= 11 is 11.8. The van der Waals surface area contributed by atoms with Crippen LogP contribution in [0.2, 0.25) is 5.02 Å². The van der Waals surface area contributed by atoms with Gasteiger partial charge in [-0.15, -0.1) is 11.6 Å². The van der Waals surface area contributed by atoms with Gasteiger partial charge in [0.2, 0.25) is 0 Å². The molecule has 2 nitrogen and oxygen atoms in total. The molecule has 1 heterocycles. The van der Waals surface area contributed by atoms with E-state index in [1.165, 1.54) is 6.42 Å². The van der Waals surface area contributed by atoms with Crippen molar-refractivity contribution in [1.82, 2.24) is 0 Å². The number of hydrogen-bond acceptors (Lipinski definition) is 2. The third-order valence-corrected chi connectivity index (χ3v) is 3.45. The topological polar surface area (TPSA) is 18.5 Å². The fourth-order valence-corrected chi connectivity index (χ4v) is 2.29. The number of hydrogen-bond donors (Lipinski definition) is 0. The van der Waals surface area contributed by atoms with Gasteiger partial charge in [-0.05, 0) is 37.0 Å². The van der Waals surface area contributed by atoms with Crippen molar-refractivity contribution in [2.45, 2.75) is 31.2 Å². The standard InChI is InChI=1S/C13H16Cl2O2/c14-8-10-4-5-13(12(15)7-10)17-9-11-3-1-2-6-16-11/h4-5,7,11H,1-3,6,8-9H2. The van der Waals surface area contributed by atoms with Crippen molar-refractivity contribution < 1.29 is 9.47 Å². The van der Waals surface area contributed by atoms with Gasteiger partial charge in [-0.3, -0.25) is 0 Å². The van der Waals surface area contributed by atoms with Crippen LogP contribution in [0.5, 0.6) is 5.75 Å². The van der Waals surface area contributed by atoms with Crippen molar-refractivity contribution in [3.05, 3.63) is 28.8 Å². The number of halogens is 2. The van der Waals surface area contributed by atoms with Crippen LogP contribution in [0.15, 0.2) is 18.2 Å². The van der Waals surface area contributed by atoms with E-state index in [1.807, 2.05) is 18.2 Å². The highest BCUT2D eigenvalue weighted by atomic mass is 35.5. The maximum Gasteiger partial charge on any atom is 0.138 e. The molecule has 0 radical (unpaired) electrons. The van der Waals surface area contributed by atoms with Crippen LogP contribution in [0.3, 0.4) is 0 Å². The van der Waals surface area contributed by atoms with E-state index < -0.39 is 0 Å². The Kier molecular flexibility index (Phi) is 4.96. The van der Waals surface area contributed by atoms with E-state index in [2.05, 4.69) is 0 Å². The van der Waals surface area contributed by atoms with E-state index in [9.17, 15) is 0 Å². The van der Waals surface area contributed by atoms with Gasteiger partial charge in [0, 0.05) is 12.5 Å². The van der Waals surface area contributed by atoms with Gasteiger partial charge >= 0.3 is 0 Å². The molecular weight excluding hydrogens is 259 g/mol. The molecule has 1 atom stereocenters. The molecule has 0 bridgehead atoms. The van der Waals surface area contributed by atoms with Crippen molar-refractivity contribution in [3.63, 3.8) is 0 Å². The highest BCUT2D eigenvalue weighted by Crippen LogP contribution is 2.26. The van der Waals surface area contributed by atoms with E-state index >= 15 is 0 Å². The number of rotatable bonds is 4. The first-order valence-electron chi connectivity index (χ1n) is 5.88. The van der Waals surface area contributed by atoms with E-state index in [4.69, 9.17) is 32.7 Å². The molecular formula is C13H16Cl2O2. The Morgan fingerprint density at radius 2 is 2.24 bits per heavy atom. The van der Waals surface area contributed by atoms with Crippen LogP contribution in [0.25, 0.3) is 0 Å². The van der Waals surface area contributed by atoms with Gasteiger partial charge in [-0.1, -0.05) is 17.7 Å². The molecule has 1 aromatic carbocycles. The van der Waals surface area contributed by atoms with E-state index in [-0.39, 0.29) is 6.10 Å². The molecule has 1 aliphatic heterocycles. The zero-order valence-electron chi connectivity index (χ0n) is 9.62. The maximum atomic E-state index is 6.10. The van der Waals surface area contributed by atoms with Crippen LogP contribution in [-0.4, -0.2) is 19.3 Å². The molecule has 1 aromatic rings. The molecule has 0 aliphatic carbocycles. The van der Waals surface area contributed by atoms with Crippen molar-refractivity contribution >= 4 is 23.2 Å². The van der Waals surface area contributed by atoms with E-state index in [0.717, 1.165) is 25.0 Å². The lowest BCUT2D eigenvalue weighted by Crippen LogP contribution is -2.25. The Morgan fingerprint density at radius 3 is 2.88 bits per heavy atom. The van der Waals surface area contributed by atoms with Crippen LogP contribution in [-0.2, 0) is 10.6 Å². The molecule has 4 heteroatoms. The lowest BCUT2D eigenvalue weighted by atomic mass is 10.1. The molecule has 0 saturated carbocycles. The van der Waals surface area contributed by atoms with E-state index in [1.54, 1.807) is 0 Å². The molecule has 17 heavy (non-hydrogen) atoms. The van der Waals surface area contributed by atoms with Gasteiger partial charge in [0.25, 0.3) is 0 Å². The summed E-state index contributed by atoms with van der Waals surface area (Å²) in [6.07, 6.45) is 3.64. The first-order valence-corrected chi connectivity index (χ1v) is 6.79. The minimum Gasteiger partial charge on any atom is -0.489 e. The van der Waals surface area contributed by atoms with Crippen LogP contribution in [0.4, 0.5) is 0 Å². The second-order valence-corrected chi connectivity index (χ2v) is 4.87. The fourth-order valence-electron chi connectivity index (χ4n) is 1.87. The smallest absolute Gasteiger partial charge is 0.138 e. The summed E-state index contributed by atoms with van der Waals surface area (Å²) < 4.78 is 11.3. The normalized spacial score (nSPS) is 20.2. The van der Waals surface area contributed by atoms with Crippen LogP contribution in [0, 0.1) is 0 Å². The first-order chi connectivity index (χ1) is 8.29. The van der Waals surface area contributed by atoms with Crippen LogP contribution < -0.4 is 4.74 Å². The fraction of sp³-hybridized carbons (Fsp3) is 0.538. The van der Waals surface area contributed by atoms with Crippen molar-refractivity contribution in [2.75, 3.05) is 13.2 Å². The van der Waals surface area contributed by atoms with Crippen molar-refractivity contribution in [1.29, 1.82) is 0 Å². The Morgan fingerprint density at radius 1 is 1.35 bits per heavy atom. The second-order valence-electron chi connectivity index (χ2n) is 4.20. The summed E-state index contributed by atoms with van der Waals surface area (Å²) in [6.45, 7) is 1.41. The Hall–Kier alpha value is -0.440. The highest BCUT2D eigenvalue weighted by Gasteiger charge is 2.15. The Labute approximate surface area is 112 Å². The molecule has 0 amide bonds. The molecule has 1 saturated heterocycles. The summed E-state index contributed by atoms with van der Waals surface area (Å²) in [5.41, 5.74) is 0.998. The Balaban J connectivity index is 1.89. The number of ether oxygens (including phenoxy) is 2. The van der Waals surface area contributed by atoms with Crippen molar-refractivity contribution in [2.24, 2.45) is 0 Å². The second kappa shape index (κ2) is 6.48. The van der Waals surface area contributed by atoms with Gasteiger partial charge in [0.15, 0.2) is 0 Å². The van der Waals surface area contributed by atoms with Gasteiger partial charge in [-0.25, -0.2) is 0 Å². The van der Waals surface area contributed by atoms with Gasteiger partial charge < -0.3 is 9.47 Å². The third kappa shape index (κ3) is 3.77. The van der Waals surface area contributed by atoms with Crippen LogP contribution >= 0.6 is 23.2 Å². The average Bonchev–Trinajstić information content (AvgIpc) is 2.38. The molecule has 94 valence electrons. The summed E-state index contributed by atoms with van der Waals surface area (Å²) in [6, 6.07) is 5.63. The monoisotopic (exact) mass is 274 g/mol. The Bertz CT molecular complexity index is 362. The lowest BCUT2D eigenvalue weighted by molar-refractivity contribution is -0.0110. The lowest BCUT2D eigenvalue weighted by Gasteiger charge is -2.22. The molecule has 1 fully saturated rings. The minimum absolute atomic E-state index is 0.201. The average molecular weight is 275 g/mol. The quantitative estimate of drug-likeness (QED) is 0.772. The maximum absolute atomic E-state index is 6.10. The van der Waals surface area contributed by atoms with E-state index in [0.29, 0.717) is 23.3 Å². The van der Waals surface area contributed by atoms with Gasteiger partial charge in [-0.2, -0.15) is 0 Å². The molecule has 1 aliphatic rings. The predicted molar refractivity (Wildman–Crippen MR) is 70.1 cm³/mol. The largest absolute Gasteiger partial charge is 0.489 e. The first kappa shape index (κ1) is 13.0. The minimum atomic E-state index is 0.201. The third-order valence-electron chi connectivity index (χ3n) is 2.85.